The summed E-state index contributed by atoms with van der Waals surface area (Å²) in [6.07, 6.45) is 2.28. The minimum atomic E-state index is -0.556. The SMILES string of the molecule is C=CC(C)(CNCCOC)Cc1ccc(F)cc1F. The Labute approximate surface area is 113 Å². The van der Waals surface area contributed by atoms with Crippen LogP contribution in [0.3, 0.4) is 0 Å². The summed E-state index contributed by atoms with van der Waals surface area (Å²) in [5.41, 5.74) is 0.212. The quantitative estimate of drug-likeness (QED) is 0.579. The van der Waals surface area contributed by atoms with Crippen molar-refractivity contribution in [3.05, 3.63) is 48.1 Å². The van der Waals surface area contributed by atoms with Crippen molar-refractivity contribution in [2.24, 2.45) is 5.41 Å². The highest BCUT2D eigenvalue weighted by Crippen LogP contribution is 2.25. The van der Waals surface area contributed by atoms with Gasteiger partial charge >= 0.3 is 0 Å². The van der Waals surface area contributed by atoms with Gasteiger partial charge < -0.3 is 10.1 Å². The number of ether oxygens (including phenoxy) is 1. The van der Waals surface area contributed by atoms with Gasteiger partial charge in [0.05, 0.1) is 6.61 Å². The van der Waals surface area contributed by atoms with Gasteiger partial charge in [0, 0.05) is 31.7 Å². The van der Waals surface area contributed by atoms with Crippen LogP contribution in [-0.2, 0) is 11.2 Å². The molecular formula is C15H21F2NO. The lowest BCUT2D eigenvalue weighted by atomic mass is 9.83. The predicted octanol–water partition coefficient (Wildman–Crippen LogP) is 2.94. The zero-order valence-electron chi connectivity index (χ0n) is 11.5. The highest BCUT2D eigenvalue weighted by molar-refractivity contribution is 5.21. The van der Waals surface area contributed by atoms with Crippen LogP contribution in [0.1, 0.15) is 12.5 Å². The largest absolute Gasteiger partial charge is 0.383 e. The molecular weight excluding hydrogens is 248 g/mol. The van der Waals surface area contributed by atoms with Crippen molar-refractivity contribution in [2.75, 3.05) is 26.8 Å². The summed E-state index contributed by atoms with van der Waals surface area (Å²) in [6, 6.07) is 3.68. The monoisotopic (exact) mass is 269 g/mol. The maximum atomic E-state index is 13.6. The van der Waals surface area contributed by atoms with Gasteiger partial charge in [0.2, 0.25) is 0 Å². The van der Waals surface area contributed by atoms with Crippen molar-refractivity contribution in [2.45, 2.75) is 13.3 Å². The summed E-state index contributed by atoms with van der Waals surface area (Å²) in [7, 11) is 1.64. The normalized spacial score (nSPS) is 14.1. The van der Waals surface area contributed by atoms with Gasteiger partial charge in [-0.25, -0.2) is 8.78 Å². The van der Waals surface area contributed by atoms with Gasteiger partial charge in [0.25, 0.3) is 0 Å². The molecule has 1 N–H and O–H groups in total. The Morgan fingerprint density at radius 1 is 1.42 bits per heavy atom. The molecule has 1 unspecified atom stereocenters. The van der Waals surface area contributed by atoms with Gasteiger partial charge in [-0.15, -0.1) is 6.58 Å². The summed E-state index contributed by atoms with van der Waals surface area (Å²) >= 11 is 0. The number of hydrogen-bond acceptors (Lipinski definition) is 2. The maximum Gasteiger partial charge on any atom is 0.129 e. The third kappa shape index (κ3) is 5.09. The Morgan fingerprint density at radius 3 is 2.74 bits per heavy atom. The standard InChI is InChI=1S/C15H21F2NO/c1-4-15(2,11-18-7-8-19-3)10-12-5-6-13(16)9-14(12)17/h4-6,9,18H,1,7-8,10-11H2,2-3H3. The van der Waals surface area contributed by atoms with Crippen molar-refractivity contribution in [3.63, 3.8) is 0 Å². The molecule has 0 aliphatic heterocycles. The lowest BCUT2D eigenvalue weighted by Gasteiger charge is -2.26. The first-order valence-corrected chi connectivity index (χ1v) is 6.28. The zero-order valence-corrected chi connectivity index (χ0v) is 11.5. The van der Waals surface area contributed by atoms with Gasteiger partial charge in [0.15, 0.2) is 0 Å². The van der Waals surface area contributed by atoms with E-state index in [1.54, 1.807) is 13.2 Å². The van der Waals surface area contributed by atoms with E-state index in [1.165, 1.54) is 12.1 Å². The van der Waals surface area contributed by atoms with Crippen LogP contribution in [0.4, 0.5) is 8.78 Å². The number of halogens is 2. The van der Waals surface area contributed by atoms with Crippen molar-refractivity contribution >= 4 is 0 Å². The summed E-state index contributed by atoms with van der Waals surface area (Å²) in [6.45, 7) is 7.81. The molecule has 1 atom stereocenters. The van der Waals surface area contributed by atoms with Crippen LogP contribution in [0, 0.1) is 17.0 Å². The molecule has 106 valence electrons. The molecule has 19 heavy (non-hydrogen) atoms. The fourth-order valence-corrected chi connectivity index (χ4v) is 1.86. The molecule has 2 nitrogen and oxygen atoms in total. The van der Waals surface area contributed by atoms with Crippen molar-refractivity contribution in [1.29, 1.82) is 0 Å². The van der Waals surface area contributed by atoms with Crippen LogP contribution in [0.25, 0.3) is 0 Å². The number of benzene rings is 1. The molecule has 0 radical (unpaired) electrons. The summed E-state index contributed by atoms with van der Waals surface area (Å²) in [4.78, 5) is 0. The average molecular weight is 269 g/mol. The van der Waals surface area contributed by atoms with Crippen LogP contribution in [0.5, 0.6) is 0 Å². The first-order chi connectivity index (χ1) is 9.00. The van der Waals surface area contributed by atoms with E-state index in [9.17, 15) is 8.78 Å². The molecule has 0 saturated heterocycles. The van der Waals surface area contributed by atoms with Crippen LogP contribution in [-0.4, -0.2) is 26.8 Å². The Kier molecular flexibility index (Phi) is 6.12. The Morgan fingerprint density at radius 2 is 2.16 bits per heavy atom. The van der Waals surface area contributed by atoms with Gasteiger partial charge in [0.1, 0.15) is 11.6 Å². The van der Waals surface area contributed by atoms with Crippen LogP contribution in [0.15, 0.2) is 30.9 Å². The smallest absolute Gasteiger partial charge is 0.129 e. The number of hydrogen-bond donors (Lipinski definition) is 1. The molecule has 0 aromatic heterocycles. The molecule has 0 spiro atoms. The molecule has 0 saturated carbocycles. The fourth-order valence-electron chi connectivity index (χ4n) is 1.86. The third-order valence-electron chi connectivity index (χ3n) is 3.11. The van der Waals surface area contributed by atoms with Crippen LogP contribution in [0.2, 0.25) is 0 Å². The molecule has 1 aromatic carbocycles. The highest BCUT2D eigenvalue weighted by Gasteiger charge is 2.22. The van der Waals surface area contributed by atoms with Gasteiger partial charge in [-0.2, -0.15) is 0 Å². The summed E-state index contributed by atoms with van der Waals surface area (Å²) in [5.74, 6) is -1.07. The molecule has 0 aliphatic carbocycles. The minimum absolute atomic E-state index is 0.285. The molecule has 0 fully saturated rings. The van der Waals surface area contributed by atoms with E-state index in [0.717, 1.165) is 12.6 Å². The summed E-state index contributed by atoms with van der Waals surface area (Å²) in [5, 5.41) is 3.24. The van der Waals surface area contributed by atoms with E-state index in [2.05, 4.69) is 11.9 Å². The highest BCUT2D eigenvalue weighted by atomic mass is 19.1. The Bertz CT molecular complexity index is 423. The van der Waals surface area contributed by atoms with E-state index < -0.39 is 11.6 Å². The number of rotatable bonds is 8. The van der Waals surface area contributed by atoms with E-state index in [1.807, 2.05) is 6.92 Å². The lowest BCUT2D eigenvalue weighted by molar-refractivity contribution is 0.195. The number of methoxy groups -OCH3 is 1. The second-order valence-electron chi connectivity index (χ2n) is 4.94. The van der Waals surface area contributed by atoms with E-state index in [0.29, 0.717) is 25.1 Å². The van der Waals surface area contributed by atoms with Crippen molar-refractivity contribution < 1.29 is 13.5 Å². The van der Waals surface area contributed by atoms with Gasteiger partial charge in [-0.1, -0.05) is 19.1 Å². The first kappa shape index (κ1) is 15.8. The second-order valence-corrected chi connectivity index (χ2v) is 4.94. The van der Waals surface area contributed by atoms with Gasteiger partial charge in [-0.05, 0) is 18.1 Å². The van der Waals surface area contributed by atoms with E-state index in [4.69, 9.17) is 4.74 Å². The van der Waals surface area contributed by atoms with E-state index >= 15 is 0 Å². The molecule has 0 amide bonds. The molecule has 1 aromatic rings. The number of nitrogens with one attached hydrogen (secondary N) is 1. The Hall–Kier alpha value is -1.26. The molecule has 0 bridgehead atoms. The topological polar surface area (TPSA) is 21.3 Å². The fraction of sp³-hybridized carbons (Fsp3) is 0.467. The van der Waals surface area contributed by atoms with Crippen LogP contribution >= 0.6 is 0 Å². The second kappa shape index (κ2) is 7.36. The van der Waals surface area contributed by atoms with Crippen molar-refractivity contribution in [1.82, 2.24) is 5.32 Å². The van der Waals surface area contributed by atoms with E-state index in [-0.39, 0.29) is 5.41 Å². The van der Waals surface area contributed by atoms with Gasteiger partial charge in [-0.3, -0.25) is 0 Å². The minimum Gasteiger partial charge on any atom is -0.383 e. The average Bonchev–Trinajstić information content (AvgIpc) is 2.38. The molecule has 1 rings (SSSR count). The molecule has 4 heteroatoms. The first-order valence-electron chi connectivity index (χ1n) is 6.28. The Balaban J connectivity index is 2.66. The lowest BCUT2D eigenvalue weighted by Crippen LogP contribution is -2.34. The summed E-state index contributed by atoms with van der Waals surface area (Å²) < 4.78 is 31.5. The maximum absolute atomic E-state index is 13.6. The zero-order chi connectivity index (χ0) is 14.3. The molecule has 0 heterocycles. The predicted molar refractivity (Wildman–Crippen MR) is 73.1 cm³/mol. The molecule has 0 aliphatic rings. The van der Waals surface area contributed by atoms with Crippen molar-refractivity contribution in [3.8, 4) is 0 Å². The third-order valence-corrected chi connectivity index (χ3v) is 3.11. The van der Waals surface area contributed by atoms with Crippen LogP contribution < -0.4 is 5.32 Å².